The topological polar surface area (TPSA) is 53.2 Å². The van der Waals surface area contributed by atoms with E-state index in [-0.39, 0.29) is 24.5 Å². The lowest BCUT2D eigenvalue weighted by molar-refractivity contribution is -0.0886. The Morgan fingerprint density at radius 2 is 1.95 bits per heavy atom. The van der Waals surface area contributed by atoms with Crippen LogP contribution in [0.4, 0.5) is 18.0 Å². The highest BCUT2D eigenvalue weighted by atomic mass is 19.4. The molecule has 1 atom stereocenters. The monoisotopic (exact) mass is 289 g/mol. The van der Waals surface area contributed by atoms with Crippen LogP contribution in [0, 0.1) is 0 Å². The number of hydrogen-bond acceptors (Lipinski definition) is 2. The molecule has 1 aliphatic carbocycles. The molecular formula is C13H18F3N3O. The van der Waals surface area contributed by atoms with Gasteiger partial charge in [-0.25, -0.2) is 4.79 Å². The maximum Gasteiger partial charge on any atom is 0.416 e. The number of alkyl halides is 3. The van der Waals surface area contributed by atoms with E-state index in [1.807, 2.05) is 0 Å². The summed E-state index contributed by atoms with van der Waals surface area (Å²) in [7, 11) is 0. The zero-order valence-corrected chi connectivity index (χ0v) is 11.0. The minimum Gasteiger partial charge on any atom is -0.335 e. The molecule has 0 aromatic carbocycles. The van der Waals surface area contributed by atoms with E-state index < -0.39 is 11.7 Å². The Balaban J connectivity index is 1.76. The van der Waals surface area contributed by atoms with Gasteiger partial charge in [-0.05, 0) is 32.4 Å². The van der Waals surface area contributed by atoms with Crippen molar-refractivity contribution in [3.63, 3.8) is 0 Å². The molecule has 1 saturated heterocycles. The zero-order valence-electron chi connectivity index (χ0n) is 11.0. The Bertz CT molecular complexity index is 412. The van der Waals surface area contributed by atoms with Gasteiger partial charge in [-0.3, -0.25) is 0 Å². The Kier molecular flexibility index (Phi) is 4.69. The third-order valence-corrected chi connectivity index (χ3v) is 3.42. The van der Waals surface area contributed by atoms with E-state index in [4.69, 9.17) is 0 Å². The molecule has 1 unspecified atom stereocenters. The number of carbonyl (C=O) groups excluding carboxylic acids is 1. The number of piperidine rings is 1. The first-order chi connectivity index (χ1) is 9.45. The summed E-state index contributed by atoms with van der Waals surface area (Å²) in [4.78, 5) is 11.7. The van der Waals surface area contributed by atoms with Crippen molar-refractivity contribution in [3.8, 4) is 0 Å². The Hall–Kier alpha value is -1.50. The van der Waals surface area contributed by atoms with Crippen molar-refractivity contribution in [2.75, 3.05) is 13.1 Å². The molecule has 0 saturated carbocycles. The van der Waals surface area contributed by atoms with E-state index >= 15 is 0 Å². The molecule has 1 heterocycles. The van der Waals surface area contributed by atoms with Gasteiger partial charge in [0.05, 0.1) is 11.6 Å². The average Bonchev–Trinajstić information content (AvgIpc) is 2.39. The quantitative estimate of drug-likeness (QED) is 0.727. The van der Waals surface area contributed by atoms with Gasteiger partial charge in [0, 0.05) is 6.04 Å². The van der Waals surface area contributed by atoms with Gasteiger partial charge in [-0.1, -0.05) is 18.2 Å². The molecule has 4 nitrogen and oxygen atoms in total. The van der Waals surface area contributed by atoms with Gasteiger partial charge >= 0.3 is 12.2 Å². The summed E-state index contributed by atoms with van der Waals surface area (Å²) in [5.41, 5.74) is -0.658. The van der Waals surface area contributed by atoms with Crippen LogP contribution in [0.1, 0.15) is 19.3 Å². The normalized spacial score (nSPS) is 24.1. The number of allylic oxidation sites excluding steroid dienone is 2. The molecule has 0 aromatic rings. The van der Waals surface area contributed by atoms with Gasteiger partial charge in [0.2, 0.25) is 0 Å². The van der Waals surface area contributed by atoms with E-state index in [0.29, 0.717) is 0 Å². The van der Waals surface area contributed by atoms with Crippen LogP contribution in [-0.2, 0) is 0 Å². The smallest absolute Gasteiger partial charge is 0.335 e. The molecular weight excluding hydrogens is 271 g/mol. The number of urea groups is 1. The molecule has 0 radical (unpaired) electrons. The Morgan fingerprint density at radius 1 is 1.25 bits per heavy atom. The molecule has 1 aliphatic heterocycles. The highest BCUT2D eigenvalue weighted by molar-refractivity contribution is 5.75. The minimum absolute atomic E-state index is 0.130. The number of rotatable bonds is 2. The third-order valence-electron chi connectivity index (χ3n) is 3.42. The summed E-state index contributed by atoms with van der Waals surface area (Å²) >= 11 is 0. The number of nitrogens with one attached hydrogen (secondary N) is 3. The number of halogens is 3. The summed E-state index contributed by atoms with van der Waals surface area (Å²) in [6.07, 6.45) is 1.07. The third kappa shape index (κ3) is 4.26. The molecule has 20 heavy (non-hydrogen) atoms. The second kappa shape index (κ2) is 6.30. The van der Waals surface area contributed by atoms with Crippen LogP contribution in [0.3, 0.4) is 0 Å². The van der Waals surface area contributed by atoms with Crippen LogP contribution in [0.5, 0.6) is 0 Å². The van der Waals surface area contributed by atoms with Crippen LogP contribution in [0.15, 0.2) is 23.8 Å². The Morgan fingerprint density at radius 3 is 2.50 bits per heavy atom. The predicted molar refractivity (Wildman–Crippen MR) is 69.2 cm³/mol. The molecule has 3 N–H and O–H groups in total. The SMILES string of the molecule is O=C(NC1C=CC(C(F)(F)F)=CC1)NC1CCNCC1. The van der Waals surface area contributed by atoms with E-state index in [1.165, 1.54) is 6.08 Å². The summed E-state index contributed by atoms with van der Waals surface area (Å²) in [6.45, 7) is 1.73. The van der Waals surface area contributed by atoms with E-state index in [2.05, 4.69) is 16.0 Å². The van der Waals surface area contributed by atoms with Crippen molar-refractivity contribution in [1.82, 2.24) is 16.0 Å². The fourth-order valence-electron chi connectivity index (χ4n) is 2.30. The first kappa shape index (κ1) is 14.9. The van der Waals surface area contributed by atoms with Crippen LogP contribution < -0.4 is 16.0 Å². The second-order valence-electron chi connectivity index (χ2n) is 5.00. The van der Waals surface area contributed by atoms with Crippen molar-refractivity contribution >= 4 is 6.03 Å². The predicted octanol–water partition coefficient (Wildman–Crippen LogP) is 1.85. The maximum absolute atomic E-state index is 12.4. The zero-order chi connectivity index (χ0) is 14.6. The first-order valence-electron chi connectivity index (χ1n) is 6.68. The number of hydrogen-bond donors (Lipinski definition) is 3. The first-order valence-corrected chi connectivity index (χ1v) is 6.68. The minimum atomic E-state index is -4.32. The highest BCUT2D eigenvalue weighted by Crippen LogP contribution is 2.29. The fraction of sp³-hybridized carbons (Fsp3) is 0.615. The summed E-state index contributed by atoms with van der Waals surface area (Å²) in [5, 5.41) is 8.70. The van der Waals surface area contributed by atoms with Crippen molar-refractivity contribution in [3.05, 3.63) is 23.8 Å². The fourth-order valence-corrected chi connectivity index (χ4v) is 2.30. The van der Waals surface area contributed by atoms with Crippen LogP contribution in [-0.4, -0.2) is 37.4 Å². The van der Waals surface area contributed by atoms with E-state index in [0.717, 1.165) is 38.1 Å². The van der Waals surface area contributed by atoms with Gasteiger partial charge in [-0.15, -0.1) is 0 Å². The maximum atomic E-state index is 12.4. The molecule has 0 spiro atoms. The number of amides is 2. The molecule has 112 valence electrons. The van der Waals surface area contributed by atoms with Gasteiger partial charge in [0.25, 0.3) is 0 Å². The lowest BCUT2D eigenvalue weighted by atomic mass is 10.0. The van der Waals surface area contributed by atoms with E-state index in [1.54, 1.807) is 0 Å². The Labute approximate surface area is 115 Å². The highest BCUT2D eigenvalue weighted by Gasteiger charge is 2.33. The summed E-state index contributed by atoms with van der Waals surface area (Å²) in [5.74, 6) is 0. The van der Waals surface area contributed by atoms with Crippen molar-refractivity contribution in [2.24, 2.45) is 0 Å². The standard InChI is InChI=1S/C13H18F3N3O/c14-13(15,16)9-1-3-10(4-2-9)18-12(20)19-11-5-7-17-8-6-11/h1-3,10-11,17H,4-8H2,(H2,18,19,20). The molecule has 7 heteroatoms. The largest absolute Gasteiger partial charge is 0.416 e. The van der Waals surface area contributed by atoms with Gasteiger partial charge in [0.15, 0.2) is 0 Å². The van der Waals surface area contributed by atoms with E-state index in [9.17, 15) is 18.0 Å². The van der Waals surface area contributed by atoms with Crippen molar-refractivity contribution in [2.45, 2.75) is 37.5 Å². The molecule has 0 bridgehead atoms. The molecule has 2 aliphatic rings. The number of carbonyl (C=O) groups is 1. The van der Waals surface area contributed by atoms with Gasteiger partial charge < -0.3 is 16.0 Å². The molecule has 2 rings (SSSR count). The molecule has 2 amide bonds. The summed E-state index contributed by atoms with van der Waals surface area (Å²) in [6, 6.07) is -0.580. The van der Waals surface area contributed by atoms with Crippen molar-refractivity contribution in [1.29, 1.82) is 0 Å². The molecule has 0 aromatic heterocycles. The lowest BCUT2D eigenvalue weighted by Gasteiger charge is -2.25. The lowest BCUT2D eigenvalue weighted by Crippen LogP contribution is -2.49. The van der Waals surface area contributed by atoms with Gasteiger partial charge in [0.1, 0.15) is 0 Å². The molecule has 1 fully saturated rings. The van der Waals surface area contributed by atoms with Crippen LogP contribution in [0.2, 0.25) is 0 Å². The van der Waals surface area contributed by atoms with Crippen molar-refractivity contribution < 1.29 is 18.0 Å². The van der Waals surface area contributed by atoms with Crippen LogP contribution in [0.25, 0.3) is 0 Å². The second-order valence-corrected chi connectivity index (χ2v) is 5.00. The summed E-state index contributed by atoms with van der Waals surface area (Å²) < 4.78 is 37.2. The van der Waals surface area contributed by atoms with Gasteiger partial charge in [-0.2, -0.15) is 13.2 Å². The average molecular weight is 289 g/mol. The van der Waals surface area contributed by atoms with Crippen LogP contribution >= 0.6 is 0 Å².